The molecule has 1 N–H and O–H groups in total. The van der Waals surface area contributed by atoms with Crippen molar-refractivity contribution in [1.82, 2.24) is 14.1 Å². The maximum atomic E-state index is 13.3. The summed E-state index contributed by atoms with van der Waals surface area (Å²) in [5, 5.41) is 9.66. The van der Waals surface area contributed by atoms with Crippen LogP contribution < -0.4 is 0 Å². The molecule has 30 heavy (non-hydrogen) atoms. The Morgan fingerprint density at radius 3 is 2.53 bits per heavy atom. The lowest BCUT2D eigenvalue weighted by Gasteiger charge is -2.40. The zero-order valence-corrected chi connectivity index (χ0v) is 19.4. The number of carbonyl (C=O) groups is 1. The molecule has 2 heterocycles. The highest BCUT2D eigenvalue weighted by Gasteiger charge is 2.33. The second-order valence-corrected chi connectivity index (χ2v) is 10.8. The van der Waals surface area contributed by atoms with E-state index in [9.17, 15) is 18.3 Å². The van der Waals surface area contributed by atoms with Crippen molar-refractivity contribution in [1.29, 1.82) is 0 Å². The van der Waals surface area contributed by atoms with Gasteiger partial charge in [-0.05, 0) is 58.2 Å². The molecule has 0 radical (unpaired) electrons. The Hall–Kier alpha value is -1.48. The first-order valence-corrected chi connectivity index (χ1v) is 12.4. The number of piperidine rings is 1. The third kappa shape index (κ3) is 4.88. The molecule has 0 saturated carbocycles. The molecule has 0 aromatic heterocycles. The molecule has 2 aliphatic rings. The van der Waals surface area contributed by atoms with Gasteiger partial charge in [0.1, 0.15) is 0 Å². The molecule has 1 aromatic rings. The van der Waals surface area contributed by atoms with Gasteiger partial charge in [0.2, 0.25) is 10.0 Å². The van der Waals surface area contributed by atoms with Gasteiger partial charge < -0.3 is 10.0 Å². The van der Waals surface area contributed by atoms with E-state index in [1.54, 1.807) is 34.3 Å². The molecule has 0 aliphatic carbocycles. The first-order valence-electron chi connectivity index (χ1n) is 10.9. The molecule has 0 unspecified atom stereocenters. The van der Waals surface area contributed by atoms with Gasteiger partial charge in [-0.3, -0.25) is 9.69 Å². The summed E-state index contributed by atoms with van der Waals surface area (Å²) in [6.07, 6.45) is 2.38. The lowest BCUT2D eigenvalue weighted by Crippen LogP contribution is -2.55. The minimum absolute atomic E-state index is 0.0213. The van der Waals surface area contributed by atoms with Crippen LogP contribution >= 0.6 is 0 Å². The van der Waals surface area contributed by atoms with E-state index in [-0.39, 0.29) is 22.9 Å². The van der Waals surface area contributed by atoms with Crippen LogP contribution in [0.5, 0.6) is 0 Å². The largest absolute Gasteiger partial charge is 0.392 e. The molecule has 3 rings (SSSR count). The molecule has 0 spiro atoms. The molecule has 2 aliphatic heterocycles. The van der Waals surface area contributed by atoms with Crippen LogP contribution in [0.2, 0.25) is 0 Å². The van der Waals surface area contributed by atoms with E-state index >= 15 is 0 Å². The Morgan fingerprint density at radius 1 is 1.17 bits per heavy atom. The number of hydrogen-bond acceptors (Lipinski definition) is 5. The molecule has 2 saturated heterocycles. The highest BCUT2D eigenvalue weighted by molar-refractivity contribution is 7.89. The second kappa shape index (κ2) is 9.34. The Labute approximate surface area is 180 Å². The van der Waals surface area contributed by atoms with Gasteiger partial charge >= 0.3 is 0 Å². The Kier molecular flexibility index (Phi) is 7.22. The number of benzene rings is 1. The summed E-state index contributed by atoms with van der Waals surface area (Å²) in [7, 11) is -3.62. The standard InChI is InChI=1S/C22H35N3O4S/c1-16-8-9-20(30(28,29)25-10-6-5-7-17(25)2)13-21(16)22(27)24-12-11-23(15-19(4)26)18(3)14-24/h8-9,13,17-19,26H,5-7,10-12,14-15H2,1-4H3/t17-,18+,19+/m0/s1. The Balaban J connectivity index is 1.81. The molecule has 3 atom stereocenters. The zero-order valence-electron chi connectivity index (χ0n) is 18.5. The van der Waals surface area contributed by atoms with E-state index in [4.69, 9.17) is 0 Å². The number of aliphatic hydroxyl groups excluding tert-OH is 1. The van der Waals surface area contributed by atoms with E-state index in [0.29, 0.717) is 38.3 Å². The third-order valence-corrected chi connectivity index (χ3v) is 8.35. The van der Waals surface area contributed by atoms with Gasteiger partial charge in [0.05, 0.1) is 11.0 Å². The van der Waals surface area contributed by atoms with Crippen molar-refractivity contribution in [3.8, 4) is 0 Å². The molecule has 0 bridgehead atoms. The Morgan fingerprint density at radius 2 is 1.90 bits per heavy atom. The monoisotopic (exact) mass is 437 g/mol. The minimum atomic E-state index is -3.62. The fourth-order valence-electron chi connectivity index (χ4n) is 4.52. The lowest BCUT2D eigenvalue weighted by atomic mass is 10.1. The van der Waals surface area contributed by atoms with Crippen molar-refractivity contribution in [2.45, 2.75) is 70.0 Å². The molecule has 8 heteroatoms. The van der Waals surface area contributed by atoms with E-state index < -0.39 is 16.1 Å². The first-order chi connectivity index (χ1) is 14.1. The minimum Gasteiger partial charge on any atom is -0.392 e. The molecule has 168 valence electrons. The molecular formula is C22H35N3O4S. The van der Waals surface area contributed by atoms with Gasteiger partial charge in [0.15, 0.2) is 0 Å². The number of rotatable bonds is 5. The van der Waals surface area contributed by atoms with Gasteiger partial charge in [-0.1, -0.05) is 12.5 Å². The number of nitrogens with zero attached hydrogens (tertiary/aromatic N) is 3. The zero-order chi connectivity index (χ0) is 22.1. The summed E-state index contributed by atoms with van der Waals surface area (Å²) in [6, 6.07) is 5.03. The van der Waals surface area contributed by atoms with Crippen molar-refractivity contribution in [3.05, 3.63) is 29.3 Å². The molecule has 1 amide bonds. The molecule has 2 fully saturated rings. The second-order valence-electron chi connectivity index (χ2n) is 8.88. The van der Waals surface area contributed by atoms with Crippen molar-refractivity contribution in [2.24, 2.45) is 0 Å². The number of hydrogen-bond donors (Lipinski definition) is 1. The summed E-state index contributed by atoms with van der Waals surface area (Å²) in [5.41, 5.74) is 1.24. The summed E-state index contributed by atoms with van der Waals surface area (Å²) >= 11 is 0. The van der Waals surface area contributed by atoms with Gasteiger partial charge in [0.25, 0.3) is 5.91 Å². The summed E-state index contributed by atoms with van der Waals surface area (Å²) in [5.74, 6) is -0.125. The van der Waals surface area contributed by atoms with Crippen molar-refractivity contribution < 1.29 is 18.3 Å². The maximum absolute atomic E-state index is 13.3. The SMILES string of the molecule is Cc1ccc(S(=O)(=O)N2CCCC[C@@H]2C)cc1C(=O)N1CCN(C[C@@H](C)O)[C@H](C)C1. The van der Waals surface area contributed by atoms with Crippen LogP contribution in [0.3, 0.4) is 0 Å². The van der Waals surface area contributed by atoms with Crippen LogP contribution in [-0.4, -0.2) is 84.4 Å². The van der Waals surface area contributed by atoms with Crippen molar-refractivity contribution in [2.75, 3.05) is 32.7 Å². The number of sulfonamides is 1. The van der Waals surface area contributed by atoms with Gasteiger partial charge in [-0.15, -0.1) is 0 Å². The van der Waals surface area contributed by atoms with E-state index in [1.807, 2.05) is 20.8 Å². The van der Waals surface area contributed by atoms with Crippen LogP contribution in [0, 0.1) is 6.92 Å². The first kappa shape index (κ1) is 23.2. The van der Waals surface area contributed by atoms with Crippen LogP contribution in [0.25, 0.3) is 0 Å². The predicted molar refractivity (Wildman–Crippen MR) is 117 cm³/mol. The van der Waals surface area contributed by atoms with Crippen LogP contribution in [-0.2, 0) is 10.0 Å². The summed E-state index contributed by atoms with van der Waals surface area (Å²) in [6.45, 7) is 10.6. The van der Waals surface area contributed by atoms with Gasteiger partial charge in [0, 0.05) is 50.4 Å². The molecule has 1 aromatic carbocycles. The molecular weight excluding hydrogens is 402 g/mol. The highest BCUT2D eigenvalue weighted by Crippen LogP contribution is 2.27. The topological polar surface area (TPSA) is 81.2 Å². The average Bonchev–Trinajstić information content (AvgIpc) is 2.69. The fourth-order valence-corrected chi connectivity index (χ4v) is 6.24. The number of aliphatic hydroxyl groups is 1. The normalized spacial score (nSPS) is 25.3. The van der Waals surface area contributed by atoms with E-state index in [2.05, 4.69) is 4.90 Å². The lowest BCUT2D eigenvalue weighted by molar-refractivity contribution is 0.0364. The number of piperazine rings is 1. The van der Waals surface area contributed by atoms with Crippen LogP contribution in [0.15, 0.2) is 23.1 Å². The number of carbonyl (C=O) groups excluding carboxylic acids is 1. The van der Waals surface area contributed by atoms with Crippen molar-refractivity contribution >= 4 is 15.9 Å². The van der Waals surface area contributed by atoms with Gasteiger partial charge in [-0.2, -0.15) is 4.31 Å². The fraction of sp³-hybridized carbons (Fsp3) is 0.682. The smallest absolute Gasteiger partial charge is 0.254 e. The Bertz CT molecular complexity index is 871. The van der Waals surface area contributed by atoms with Crippen molar-refractivity contribution in [3.63, 3.8) is 0 Å². The van der Waals surface area contributed by atoms with Gasteiger partial charge in [-0.25, -0.2) is 8.42 Å². The number of β-amino-alcohol motifs (C(OH)–C–C–N with tert-alkyl or cyclic N) is 1. The summed E-state index contributed by atoms with van der Waals surface area (Å²) < 4.78 is 28.0. The number of amides is 1. The van der Waals surface area contributed by atoms with Crippen LogP contribution in [0.1, 0.15) is 56.0 Å². The summed E-state index contributed by atoms with van der Waals surface area (Å²) in [4.78, 5) is 17.4. The number of aryl methyl sites for hydroxylation is 1. The van der Waals surface area contributed by atoms with E-state index in [1.165, 1.54) is 0 Å². The highest BCUT2D eigenvalue weighted by atomic mass is 32.2. The maximum Gasteiger partial charge on any atom is 0.254 e. The average molecular weight is 438 g/mol. The third-order valence-electron chi connectivity index (χ3n) is 6.34. The van der Waals surface area contributed by atoms with E-state index in [0.717, 1.165) is 24.8 Å². The molecule has 7 nitrogen and oxygen atoms in total. The quantitative estimate of drug-likeness (QED) is 0.763. The van der Waals surface area contributed by atoms with Crippen LogP contribution in [0.4, 0.5) is 0 Å². The predicted octanol–water partition coefficient (Wildman–Crippen LogP) is 2.09.